The van der Waals surface area contributed by atoms with Crippen LogP contribution in [0.2, 0.25) is 0 Å². The summed E-state index contributed by atoms with van der Waals surface area (Å²) in [6, 6.07) is -1.58. The minimum atomic E-state index is -4.83. The quantitative estimate of drug-likeness (QED) is 0.0154. The van der Waals surface area contributed by atoms with Gasteiger partial charge >= 0.3 is 25.7 Å². The van der Waals surface area contributed by atoms with Crippen LogP contribution in [0.1, 0.15) is 123 Å². The van der Waals surface area contributed by atoms with E-state index in [-0.39, 0.29) is 31.1 Å². The van der Waals surface area contributed by atoms with Crippen LogP contribution in [-0.2, 0) is 37.5 Å². The zero-order chi connectivity index (χ0) is 45.1. The van der Waals surface area contributed by atoms with Crippen LogP contribution in [0, 0.1) is 11.8 Å². The first-order chi connectivity index (χ1) is 29.3. The minimum absolute atomic E-state index is 0.111. The Hall–Kier alpha value is -3.46. The van der Waals surface area contributed by atoms with E-state index < -0.39 is 76.0 Å². The highest BCUT2D eigenvalue weighted by atomic mass is 31.2. The molecule has 0 spiro atoms. The highest BCUT2D eigenvalue weighted by Gasteiger charge is 2.39. The van der Waals surface area contributed by atoms with E-state index in [2.05, 4.69) is 79.1 Å². The number of ether oxygens (including phenoxy) is 2. The summed E-state index contributed by atoms with van der Waals surface area (Å²) in [6.45, 7) is 2.19. The number of carboxylic acid groups (broad SMARTS) is 1. The first-order valence-corrected chi connectivity index (χ1v) is 23.4. The highest BCUT2D eigenvalue weighted by molar-refractivity contribution is 7.47. The summed E-state index contributed by atoms with van der Waals surface area (Å²) >= 11 is 0. The van der Waals surface area contributed by atoms with Crippen molar-refractivity contribution in [1.82, 2.24) is 0 Å². The number of phosphoric acid groups is 1. The molecule has 1 aliphatic carbocycles. The molecule has 0 heterocycles. The summed E-state index contributed by atoms with van der Waals surface area (Å²) < 4.78 is 32.6. The maximum Gasteiger partial charge on any atom is 0.472 e. The zero-order valence-corrected chi connectivity index (χ0v) is 37.2. The van der Waals surface area contributed by atoms with Crippen molar-refractivity contribution >= 4 is 25.7 Å². The maximum atomic E-state index is 12.8. The Morgan fingerprint density at radius 3 is 2.00 bits per heavy atom. The molecule has 1 unspecified atom stereocenters. The van der Waals surface area contributed by atoms with E-state index in [1.807, 2.05) is 0 Å². The van der Waals surface area contributed by atoms with Gasteiger partial charge in [0.1, 0.15) is 12.6 Å². The van der Waals surface area contributed by atoms with Crippen molar-refractivity contribution in [2.24, 2.45) is 17.6 Å². The van der Waals surface area contributed by atoms with E-state index >= 15 is 0 Å². The van der Waals surface area contributed by atoms with Crippen LogP contribution in [0.5, 0.6) is 0 Å². The van der Waals surface area contributed by atoms with Crippen molar-refractivity contribution in [3.8, 4) is 0 Å². The average Bonchev–Trinajstić information content (AvgIpc) is 3.49. The molecule has 0 amide bonds. The highest BCUT2D eigenvalue weighted by Crippen LogP contribution is 2.43. The van der Waals surface area contributed by atoms with Crippen LogP contribution >= 0.6 is 7.82 Å². The molecule has 0 bridgehead atoms. The Bertz CT molecular complexity index is 1470. The monoisotopic (exact) mass is 879 g/mol. The fourth-order valence-corrected chi connectivity index (χ4v) is 7.02. The van der Waals surface area contributed by atoms with Crippen molar-refractivity contribution in [2.75, 3.05) is 19.8 Å². The van der Waals surface area contributed by atoms with E-state index in [4.69, 9.17) is 24.8 Å². The SMILES string of the molecule is CC/C=C\C/C=C\C/C=C\C/C=C\C/C=C\CCCCCC(=O)OC[C@H](COP(=O)(O)OC[C@H](N)C(=O)O)OC(=O)C/C=C\C[C@H]1[C@@H](/C=C/[C@H](O)CCCCC)[C@H](O)C[C@@H]1O. The van der Waals surface area contributed by atoms with Crippen molar-refractivity contribution in [1.29, 1.82) is 0 Å². The molecule has 14 nitrogen and oxygen atoms in total. The molecule has 0 radical (unpaired) electrons. The molecule has 0 aromatic heterocycles. The number of aliphatic hydroxyl groups is 3. The number of hydrogen-bond donors (Lipinski definition) is 6. The molecule has 7 N–H and O–H groups in total. The second-order valence-electron chi connectivity index (χ2n) is 15.1. The summed E-state index contributed by atoms with van der Waals surface area (Å²) in [7, 11) is -4.83. The fourth-order valence-electron chi connectivity index (χ4n) is 6.24. The Labute approximate surface area is 363 Å². The number of aliphatic hydroxyl groups excluding tert-OH is 3. The summed E-state index contributed by atoms with van der Waals surface area (Å²) in [5.41, 5.74) is 5.32. The number of carbonyl (C=O) groups is 3. The van der Waals surface area contributed by atoms with Gasteiger partial charge in [-0.05, 0) is 70.1 Å². The molecule has 15 heteroatoms. The third-order valence-electron chi connectivity index (χ3n) is 9.73. The molecule has 1 rings (SSSR count). The third kappa shape index (κ3) is 29.5. The first-order valence-electron chi connectivity index (χ1n) is 21.9. The number of aliphatic carboxylic acids is 1. The molecule has 346 valence electrons. The number of carbonyl (C=O) groups excluding carboxylic acids is 2. The summed E-state index contributed by atoms with van der Waals surface area (Å²) in [5, 5.41) is 40.3. The number of rotatable bonds is 35. The van der Waals surface area contributed by atoms with Gasteiger partial charge in [0.25, 0.3) is 0 Å². The van der Waals surface area contributed by atoms with Crippen LogP contribution in [0.4, 0.5) is 0 Å². The van der Waals surface area contributed by atoms with Crippen LogP contribution in [-0.4, -0.2) is 93.5 Å². The summed E-state index contributed by atoms with van der Waals surface area (Å²) in [4.78, 5) is 46.3. The predicted molar refractivity (Wildman–Crippen MR) is 237 cm³/mol. The van der Waals surface area contributed by atoms with Gasteiger partial charge in [-0.25, -0.2) is 4.57 Å². The topological polar surface area (TPSA) is 232 Å². The molecule has 1 aliphatic rings. The van der Waals surface area contributed by atoms with Crippen molar-refractivity contribution < 1.29 is 62.8 Å². The Morgan fingerprint density at radius 2 is 1.38 bits per heavy atom. The largest absolute Gasteiger partial charge is 0.480 e. The molecular weight excluding hydrogens is 805 g/mol. The first kappa shape index (κ1) is 55.6. The van der Waals surface area contributed by atoms with E-state index in [9.17, 15) is 39.2 Å². The summed E-state index contributed by atoms with van der Waals surface area (Å²) in [6.07, 6.45) is 36.4. The molecule has 0 aromatic rings. The number of carboxylic acids is 1. The average molecular weight is 880 g/mol. The normalized spacial score (nSPS) is 21.2. The molecule has 61 heavy (non-hydrogen) atoms. The van der Waals surface area contributed by atoms with E-state index in [1.165, 1.54) is 6.08 Å². The lowest BCUT2D eigenvalue weighted by molar-refractivity contribution is -0.160. The molecule has 1 saturated carbocycles. The van der Waals surface area contributed by atoms with E-state index in [0.717, 1.165) is 70.6 Å². The van der Waals surface area contributed by atoms with Crippen molar-refractivity contribution in [3.05, 3.63) is 85.1 Å². The van der Waals surface area contributed by atoms with Crippen LogP contribution in [0.3, 0.4) is 0 Å². The lowest BCUT2D eigenvalue weighted by Crippen LogP contribution is -2.34. The molecule has 0 saturated heterocycles. The van der Waals surface area contributed by atoms with Gasteiger partial charge in [-0.1, -0.05) is 125 Å². The van der Waals surface area contributed by atoms with Crippen LogP contribution in [0.15, 0.2) is 85.1 Å². The smallest absolute Gasteiger partial charge is 0.472 e. The molecular formula is C46H74NO13P. The molecule has 1 fully saturated rings. The third-order valence-corrected chi connectivity index (χ3v) is 10.7. The summed E-state index contributed by atoms with van der Waals surface area (Å²) in [5.74, 6) is -3.50. The van der Waals surface area contributed by atoms with Gasteiger partial charge in [0.2, 0.25) is 0 Å². The molecule has 8 atom stereocenters. The maximum absolute atomic E-state index is 12.8. The van der Waals surface area contributed by atoms with Crippen LogP contribution < -0.4 is 5.73 Å². The lowest BCUT2D eigenvalue weighted by Gasteiger charge is -2.20. The van der Waals surface area contributed by atoms with Gasteiger partial charge in [0, 0.05) is 18.8 Å². The lowest BCUT2D eigenvalue weighted by atomic mass is 9.89. The fraction of sp³-hybridized carbons (Fsp3) is 0.630. The Morgan fingerprint density at radius 1 is 0.754 bits per heavy atom. The van der Waals surface area contributed by atoms with Gasteiger partial charge in [-0.3, -0.25) is 23.4 Å². The van der Waals surface area contributed by atoms with Crippen LogP contribution in [0.25, 0.3) is 0 Å². The molecule has 0 aliphatic heterocycles. The number of esters is 2. The van der Waals surface area contributed by atoms with E-state index in [0.29, 0.717) is 19.3 Å². The molecule has 0 aromatic carbocycles. The Kier molecular flexibility index (Phi) is 31.9. The van der Waals surface area contributed by atoms with Crippen molar-refractivity contribution in [3.63, 3.8) is 0 Å². The number of phosphoric ester groups is 1. The second-order valence-corrected chi connectivity index (χ2v) is 16.5. The van der Waals surface area contributed by atoms with Gasteiger partial charge < -0.3 is 40.5 Å². The predicted octanol–water partition coefficient (Wildman–Crippen LogP) is 7.88. The number of hydrogen-bond acceptors (Lipinski definition) is 12. The second kappa shape index (κ2) is 35.1. The standard InChI is InChI=1S/C46H74NO13P/c1-3-5-7-8-9-10-11-12-13-14-15-16-17-18-19-20-21-22-24-29-44(51)57-34-38(35-58-61(55,56)59-36-41(47)46(53)54)60-45(52)30-26-25-28-39-40(43(50)33-42(39)49)32-31-37(48)27-23-6-4-2/h5,7,9-10,12-13,15-16,18-19,25-26,31-32,37-43,48-50H,3-4,6,8,11,14,17,20-24,27-30,33-36,47H2,1-2H3,(H,53,54)(H,55,56)/b7-5-,10-9-,13-12-,16-15-,19-18-,26-25-,32-31+/t37-,38-,39+,40-,41+,42+,43-/m1/s1. The zero-order valence-electron chi connectivity index (χ0n) is 36.3. The van der Waals surface area contributed by atoms with E-state index in [1.54, 1.807) is 18.2 Å². The Balaban J connectivity index is 2.57. The van der Waals surface area contributed by atoms with Gasteiger partial charge in [-0.15, -0.1) is 0 Å². The number of nitrogens with two attached hydrogens (primary N) is 1. The van der Waals surface area contributed by atoms with Crippen molar-refractivity contribution in [2.45, 2.75) is 153 Å². The van der Waals surface area contributed by atoms with Gasteiger partial charge in [0.15, 0.2) is 6.10 Å². The number of allylic oxidation sites excluding steroid dienone is 11. The van der Waals surface area contributed by atoms with Gasteiger partial charge in [-0.2, -0.15) is 0 Å². The number of unbranched alkanes of at least 4 members (excludes halogenated alkanes) is 5. The van der Waals surface area contributed by atoms with Gasteiger partial charge in [0.05, 0.1) is 37.9 Å². The minimum Gasteiger partial charge on any atom is -0.480 e.